The third kappa shape index (κ3) is 4.23. The molecule has 3 aromatic rings. The van der Waals surface area contributed by atoms with Crippen molar-refractivity contribution in [2.45, 2.75) is 20.3 Å². The summed E-state index contributed by atoms with van der Waals surface area (Å²) in [5, 5.41) is 9.59. The Labute approximate surface area is 161 Å². The first-order valence-corrected chi connectivity index (χ1v) is 9.01. The number of carbonyl (C=O) groups is 1. The Kier molecular flexibility index (Phi) is 5.66. The number of urea groups is 1. The second-order valence-corrected chi connectivity index (χ2v) is 6.53. The summed E-state index contributed by atoms with van der Waals surface area (Å²) in [6.45, 7) is 4.56. The number of para-hydroxylation sites is 1. The zero-order valence-corrected chi connectivity index (χ0v) is 15.8. The van der Waals surface area contributed by atoms with Crippen molar-refractivity contribution in [2.24, 2.45) is 0 Å². The molecule has 0 aliphatic rings. The fraction of sp³-hybridized carbons (Fsp3) is 0.200. The highest BCUT2D eigenvalue weighted by Crippen LogP contribution is 2.29. The van der Waals surface area contributed by atoms with Gasteiger partial charge >= 0.3 is 11.7 Å². The van der Waals surface area contributed by atoms with Gasteiger partial charge in [0.15, 0.2) is 5.69 Å². The van der Waals surface area contributed by atoms with E-state index in [2.05, 4.69) is 16.0 Å². The van der Waals surface area contributed by atoms with Crippen LogP contribution in [0.3, 0.4) is 0 Å². The quantitative estimate of drug-likeness (QED) is 0.526. The topological polar surface area (TPSA) is 83.4 Å². The number of hydrogen-bond donors (Lipinski definition) is 3. The summed E-state index contributed by atoms with van der Waals surface area (Å²) in [6, 6.07) is 11.9. The van der Waals surface area contributed by atoms with Gasteiger partial charge in [0.1, 0.15) is 5.58 Å². The highest BCUT2D eigenvalue weighted by atomic mass is 35.5. The molecule has 0 atom stereocenters. The molecule has 0 bridgehead atoms. The van der Waals surface area contributed by atoms with Crippen LogP contribution in [0.1, 0.15) is 18.9 Å². The minimum Gasteiger partial charge on any atom is -0.421 e. The summed E-state index contributed by atoms with van der Waals surface area (Å²) >= 11 is 6.15. The Morgan fingerprint density at radius 1 is 1.11 bits per heavy atom. The van der Waals surface area contributed by atoms with Crippen LogP contribution in [0.15, 0.2) is 51.7 Å². The molecule has 1 aromatic heterocycles. The van der Waals surface area contributed by atoms with Crippen molar-refractivity contribution in [1.82, 2.24) is 0 Å². The molecule has 0 saturated heterocycles. The summed E-state index contributed by atoms with van der Waals surface area (Å²) in [7, 11) is 0. The highest BCUT2D eigenvalue weighted by molar-refractivity contribution is 6.33. The lowest BCUT2D eigenvalue weighted by molar-refractivity contribution is 0.262. The van der Waals surface area contributed by atoms with Crippen molar-refractivity contribution in [1.29, 1.82) is 0 Å². The molecule has 0 spiro atoms. The van der Waals surface area contributed by atoms with E-state index in [1.165, 1.54) is 0 Å². The van der Waals surface area contributed by atoms with E-state index in [0.717, 1.165) is 12.0 Å². The number of aryl methyl sites for hydroxylation is 1. The number of carbonyl (C=O) groups excluding carboxylic acids is 1. The van der Waals surface area contributed by atoms with Crippen LogP contribution in [0.4, 0.5) is 21.9 Å². The van der Waals surface area contributed by atoms with Gasteiger partial charge in [-0.3, -0.25) is 5.32 Å². The molecular formula is C20H20ClN3O3. The number of fused-ring (bicyclic) bond motifs is 1. The van der Waals surface area contributed by atoms with Crippen LogP contribution in [-0.2, 0) is 0 Å². The van der Waals surface area contributed by atoms with Crippen LogP contribution >= 0.6 is 11.6 Å². The molecule has 27 heavy (non-hydrogen) atoms. The van der Waals surface area contributed by atoms with Crippen molar-refractivity contribution in [3.63, 3.8) is 0 Å². The van der Waals surface area contributed by atoms with Gasteiger partial charge in [0, 0.05) is 11.9 Å². The van der Waals surface area contributed by atoms with Crippen LogP contribution < -0.4 is 21.6 Å². The molecule has 0 fully saturated rings. The van der Waals surface area contributed by atoms with Crippen LogP contribution in [0.5, 0.6) is 0 Å². The molecule has 140 valence electrons. The number of rotatable bonds is 5. The summed E-state index contributed by atoms with van der Waals surface area (Å²) in [6.07, 6.45) is 0.860. The summed E-state index contributed by atoms with van der Waals surface area (Å²) in [5.41, 5.74) is 1.85. The molecule has 0 unspecified atom stereocenters. The van der Waals surface area contributed by atoms with E-state index in [4.69, 9.17) is 16.0 Å². The average Bonchev–Trinajstić information content (AvgIpc) is 2.64. The molecular weight excluding hydrogens is 366 g/mol. The Balaban J connectivity index is 1.94. The van der Waals surface area contributed by atoms with Crippen molar-refractivity contribution in [2.75, 3.05) is 22.5 Å². The Hall–Kier alpha value is -2.99. The number of amides is 2. The normalized spacial score (nSPS) is 10.6. The fourth-order valence-electron chi connectivity index (χ4n) is 2.69. The first-order valence-electron chi connectivity index (χ1n) is 8.63. The zero-order chi connectivity index (χ0) is 19.4. The average molecular weight is 386 g/mol. The smallest absolute Gasteiger partial charge is 0.362 e. The van der Waals surface area contributed by atoms with Gasteiger partial charge < -0.3 is 15.1 Å². The zero-order valence-electron chi connectivity index (χ0n) is 15.1. The van der Waals surface area contributed by atoms with E-state index in [1.54, 1.807) is 24.3 Å². The van der Waals surface area contributed by atoms with Crippen molar-refractivity contribution in [3.8, 4) is 0 Å². The van der Waals surface area contributed by atoms with Crippen molar-refractivity contribution >= 4 is 45.7 Å². The minimum absolute atomic E-state index is 0.0582. The lowest BCUT2D eigenvalue weighted by atomic mass is 10.2. The maximum atomic E-state index is 12.4. The van der Waals surface area contributed by atoms with Gasteiger partial charge in [-0.1, -0.05) is 36.7 Å². The molecule has 0 aliphatic carbocycles. The Morgan fingerprint density at radius 2 is 1.89 bits per heavy atom. The SMILES string of the molecule is CCCNc1c(NC(=O)Nc2ccc(C)cc2Cl)c(=O)oc2ccccc12. The highest BCUT2D eigenvalue weighted by Gasteiger charge is 2.17. The Morgan fingerprint density at radius 3 is 2.63 bits per heavy atom. The minimum atomic E-state index is -0.627. The van der Waals surface area contributed by atoms with E-state index in [0.29, 0.717) is 33.9 Å². The van der Waals surface area contributed by atoms with E-state index >= 15 is 0 Å². The standard InChI is InChI=1S/C20H20ClN3O3/c1-3-10-22-17-13-6-4-5-7-16(13)27-19(25)18(17)24-20(26)23-15-9-8-12(2)11-14(15)21/h4-9,11,22H,3,10H2,1-2H3,(H2,23,24,26). The van der Waals surface area contributed by atoms with Crippen LogP contribution in [-0.4, -0.2) is 12.6 Å². The summed E-state index contributed by atoms with van der Waals surface area (Å²) < 4.78 is 5.34. The first-order chi connectivity index (χ1) is 13.0. The van der Waals surface area contributed by atoms with Crippen molar-refractivity contribution < 1.29 is 9.21 Å². The molecule has 2 aromatic carbocycles. The molecule has 2 amide bonds. The molecule has 0 radical (unpaired) electrons. The number of anilines is 3. The van der Waals surface area contributed by atoms with Gasteiger partial charge in [-0.2, -0.15) is 0 Å². The van der Waals surface area contributed by atoms with Gasteiger partial charge in [-0.05, 0) is 43.2 Å². The van der Waals surface area contributed by atoms with Gasteiger partial charge in [-0.25, -0.2) is 9.59 Å². The molecule has 7 heteroatoms. The third-order valence-electron chi connectivity index (χ3n) is 3.98. The lowest BCUT2D eigenvalue weighted by Crippen LogP contribution is -2.24. The lowest BCUT2D eigenvalue weighted by Gasteiger charge is -2.15. The van der Waals surface area contributed by atoms with Crippen LogP contribution in [0.2, 0.25) is 5.02 Å². The van der Waals surface area contributed by atoms with Gasteiger partial charge in [0.25, 0.3) is 0 Å². The number of halogens is 1. The van der Waals surface area contributed by atoms with Gasteiger partial charge in [-0.15, -0.1) is 0 Å². The van der Waals surface area contributed by atoms with Gasteiger partial charge in [0.2, 0.25) is 0 Å². The predicted molar refractivity (Wildman–Crippen MR) is 110 cm³/mol. The monoisotopic (exact) mass is 385 g/mol. The maximum Gasteiger partial charge on any atom is 0.362 e. The number of nitrogens with one attached hydrogen (secondary N) is 3. The second-order valence-electron chi connectivity index (χ2n) is 6.12. The molecule has 3 rings (SSSR count). The number of benzene rings is 2. The van der Waals surface area contributed by atoms with E-state index in [1.807, 2.05) is 32.0 Å². The largest absolute Gasteiger partial charge is 0.421 e. The molecule has 0 aliphatic heterocycles. The van der Waals surface area contributed by atoms with Crippen LogP contribution in [0.25, 0.3) is 11.0 Å². The molecule has 3 N–H and O–H groups in total. The maximum absolute atomic E-state index is 12.4. The summed E-state index contributed by atoms with van der Waals surface area (Å²) in [4.78, 5) is 24.9. The number of hydrogen-bond acceptors (Lipinski definition) is 4. The van der Waals surface area contributed by atoms with Crippen LogP contribution in [0, 0.1) is 6.92 Å². The Bertz CT molecular complexity index is 1050. The molecule has 6 nitrogen and oxygen atoms in total. The third-order valence-corrected chi connectivity index (χ3v) is 4.29. The summed E-state index contributed by atoms with van der Waals surface area (Å²) in [5.74, 6) is 0. The predicted octanol–water partition coefficient (Wildman–Crippen LogP) is 5.22. The van der Waals surface area contributed by atoms with Crippen molar-refractivity contribution in [3.05, 3.63) is 63.5 Å². The van der Waals surface area contributed by atoms with Gasteiger partial charge in [0.05, 0.1) is 16.4 Å². The first kappa shape index (κ1) is 18.8. The molecule has 1 heterocycles. The van der Waals surface area contributed by atoms with E-state index in [-0.39, 0.29) is 5.69 Å². The van der Waals surface area contributed by atoms with E-state index < -0.39 is 11.7 Å². The fourth-order valence-corrected chi connectivity index (χ4v) is 2.97. The second kappa shape index (κ2) is 8.14. The van der Waals surface area contributed by atoms with E-state index in [9.17, 15) is 9.59 Å². The molecule has 0 saturated carbocycles.